The van der Waals surface area contributed by atoms with Crippen molar-refractivity contribution in [3.05, 3.63) is 46.0 Å². The number of halogens is 2. The van der Waals surface area contributed by atoms with Gasteiger partial charge in [-0.2, -0.15) is 0 Å². The number of hydrogen-bond donors (Lipinski definition) is 1. The molecule has 0 spiro atoms. The molecule has 92 valence electrons. The first kappa shape index (κ1) is 12.9. The van der Waals surface area contributed by atoms with Crippen molar-refractivity contribution < 1.29 is 0 Å². The molecule has 1 aliphatic rings. The molecule has 0 radical (unpaired) electrons. The van der Waals surface area contributed by atoms with E-state index in [0.717, 1.165) is 28.5 Å². The third-order valence-electron chi connectivity index (χ3n) is 3.18. The molecule has 0 saturated carbocycles. The van der Waals surface area contributed by atoms with Gasteiger partial charge in [0.25, 0.3) is 0 Å². The molecule has 1 N–H and O–H groups in total. The monoisotopic (exact) mass is 269 g/mol. The first-order valence-corrected chi connectivity index (χ1v) is 6.78. The second kappa shape index (κ2) is 5.90. The Morgan fingerprint density at radius 1 is 1.29 bits per heavy atom. The molecule has 0 bridgehead atoms. The molecule has 0 heterocycles. The van der Waals surface area contributed by atoms with Crippen LogP contribution in [0.3, 0.4) is 0 Å². The molecular formula is C14H17Cl2N. The van der Waals surface area contributed by atoms with Gasteiger partial charge in [0.1, 0.15) is 0 Å². The van der Waals surface area contributed by atoms with Crippen molar-refractivity contribution in [3.63, 3.8) is 0 Å². The molecule has 17 heavy (non-hydrogen) atoms. The maximum Gasteiger partial charge on any atom is 0.0454 e. The van der Waals surface area contributed by atoms with Gasteiger partial charge in [-0.15, -0.1) is 0 Å². The van der Waals surface area contributed by atoms with Crippen LogP contribution in [0, 0.1) is 0 Å². The highest BCUT2D eigenvalue weighted by Gasteiger charge is 2.16. The molecule has 0 aromatic heterocycles. The lowest BCUT2D eigenvalue weighted by molar-refractivity contribution is 0.426. The highest BCUT2D eigenvalue weighted by molar-refractivity contribution is 6.33. The van der Waals surface area contributed by atoms with E-state index in [4.69, 9.17) is 23.2 Å². The van der Waals surface area contributed by atoms with E-state index >= 15 is 0 Å². The van der Waals surface area contributed by atoms with Crippen molar-refractivity contribution in [2.75, 3.05) is 0 Å². The number of hydrogen-bond acceptors (Lipinski definition) is 1. The minimum atomic E-state index is 0.234. The maximum absolute atomic E-state index is 6.20. The molecule has 0 fully saturated rings. The van der Waals surface area contributed by atoms with Crippen LogP contribution in [0.25, 0.3) is 0 Å². The fraction of sp³-hybridized carbons (Fsp3) is 0.429. The molecule has 1 aromatic carbocycles. The largest absolute Gasteiger partial charge is 0.307 e. The van der Waals surface area contributed by atoms with E-state index in [0.29, 0.717) is 6.04 Å². The number of allylic oxidation sites excluding steroid dienone is 1. The SMILES string of the molecule is CC(NC1CC=CCC1)c1cc(Cl)ccc1Cl. The van der Waals surface area contributed by atoms with Gasteiger partial charge >= 0.3 is 0 Å². The van der Waals surface area contributed by atoms with Gasteiger partial charge in [-0.3, -0.25) is 0 Å². The first-order valence-electron chi connectivity index (χ1n) is 6.03. The molecule has 1 nitrogen and oxygen atoms in total. The molecule has 0 saturated heterocycles. The summed E-state index contributed by atoms with van der Waals surface area (Å²) in [7, 11) is 0. The Hall–Kier alpha value is -0.500. The molecule has 2 unspecified atom stereocenters. The van der Waals surface area contributed by atoms with Gasteiger partial charge in [-0.1, -0.05) is 35.4 Å². The van der Waals surface area contributed by atoms with Crippen LogP contribution in [0.4, 0.5) is 0 Å². The Kier molecular flexibility index (Phi) is 4.49. The number of benzene rings is 1. The van der Waals surface area contributed by atoms with Gasteiger partial charge < -0.3 is 5.32 Å². The van der Waals surface area contributed by atoms with Crippen molar-refractivity contribution in [3.8, 4) is 0 Å². The summed E-state index contributed by atoms with van der Waals surface area (Å²) in [4.78, 5) is 0. The summed E-state index contributed by atoms with van der Waals surface area (Å²) < 4.78 is 0. The van der Waals surface area contributed by atoms with Crippen LogP contribution in [-0.4, -0.2) is 6.04 Å². The summed E-state index contributed by atoms with van der Waals surface area (Å²) in [6, 6.07) is 6.41. The van der Waals surface area contributed by atoms with Crippen LogP contribution in [-0.2, 0) is 0 Å². The van der Waals surface area contributed by atoms with E-state index in [1.54, 1.807) is 0 Å². The Bertz CT molecular complexity index is 415. The van der Waals surface area contributed by atoms with Crippen molar-refractivity contribution in [2.45, 2.75) is 38.3 Å². The van der Waals surface area contributed by atoms with Gasteiger partial charge in [0, 0.05) is 22.1 Å². The summed E-state index contributed by atoms with van der Waals surface area (Å²) in [6.45, 7) is 2.13. The third-order valence-corrected chi connectivity index (χ3v) is 3.76. The summed E-state index contributed by atoms with van der Waals surface area (Å²) in [5.74, 6) is 0. The molecule has 0 aliphatic heterocycles. The minimum Gasteiger partial charge on any atom is -0.307 e. The highest BCUT2D eigenvalue weighted by atomic mass is 35.5. The molecule has 2 atom stereocenters. The van der Waals surface area contributed by atoms with E-state index in [2.05, 4.69) is 24.4 Å². The van der Waals surface area contributed by atoms with E-state index in [1.165, 1.54) is 6.42 Å². The zero-order chi connectivity index (χ0) is 12.3. The van der Waals surface area contributed by atoms with Crippen LogP contribution in [0.1, 0.15) is 37.8 Å². The third kappa shape index (κ3) is 3.48. The number of rotatable bonds is 3. The van der Waals surface area contributed by atoms with Crippen LogP contribution < -0.4 is 5.32 Å². The zero-order valence-corrected chi connectivity index (χ0v) is 11.4. The van der Waals surface area contributed by atoms with Gasteiger partial charge in [0.2, 0.25) is 0 Å². The lowest BCUT2D eigenvalue weighted by Crippen LogP contribution is -2.32. The van der Waals surface area contributed by atoms with Crippen molar-refractivity contribution in [1.82, 2.24) is 5.32 Å². The lowest BCUT2D eigenvalue weighted by atomic mass is 9.99. The zero-order valence-electron chi connectivity index (χ0n) is 9.92. The topological polar surface area (TPSA) is 12.0 Å². The molecule has 1 aromatic rings. The van der Waals surface area contributed by atoms with E-state index in [-0.39, 0.29) is 6.04 Å². The van der Waals surface area contributed by atoms with Gasteiger partial charge in [-0.25, -0.2) is 0 Å². The summed E-state index contributed by atoms with van der Waals surface area (Å²) >= 11 is 12.2. The smallest absolute Gasteiger partial charge is 0.0454 e. The predicted molar refractivity (Wildman–Crippen MR) is 74.8 cm³/mol. The Morgan fingerprint density at radius 3 is 2.82 bits per heavy atom. The van der Waals surface area contributed by atoms with Crippen molar-refractivity contribution in [1.29, 1.82) is 0 Å². The van der Waals surface area contributed by atoms with Gasteiger partial charge in [0.15, 0.2) is 0 Å². The second-order valence-electron chi connectivity index (χ2n) is 4.54. The Labute approximate surface area is 113 Å². The van der Waals surface area contributed by atoms with Crippen LogP contribution in [0.15, 0.2) is 30.4 Å². The standard InChI is InChI=1S/C14H17Cl2N/c1-10(17-12-5-3-2-4-6-12)13-9-11(15)7-8-14(13)16/h2-3,7-10,12,17H,4-6H2,1H3. The second-order valence-corrected chi connectivity index (χ2v) is 5.38. The molecule has 0 amide bonds. The normalized spacial score (nSPS) is 21.5. The Morgan fingerprint density at radius 2 is 2.12 bits per heavy atom. The van der Waals surface area contributed by atoms with Crippen LogP contribution in [0.5, 0.6) is 0 Å². The van der Waals surface area contributed by atoms with E-state index in [1.807, 2.05) is 18.2 Å². The summed E-state index contributed by atoms with van der Waals surface area (Å²) in [5.41, 5.74) is 1.08. The number of nitrogens with one attached hydrogen (secondary N) is 1. The molecule has 2 rings (SSSR count). The molecule has 1 aliphatic carbocycles. The van der Waals surface area contributed by atoms with Crippen molar-refractivity contribution in [2.24, 2.45) is 0 Å². The van der Waals surface area contributed by atoms with Crippen molar-refractivity contribution >= 4 is 23.2 Å². The average Bonchev–Trinajstić information content (AvgIpc) is 2.33. The fourth-order valence-electron chi connectivity index (χ4n) is 2.23. The van der Waals surface area contributed by atoms with E-state index in [9.17, 15) is 0 Å². The summed E-state index contributed by atoms with van der Waals surface area (Å²) in [5, 5.41) is 5.12. The maximum atomic E-state index is 6.20. The lowest BCUT2D eigenvalue weighted by Gasteiger charge is -2.25. The first-order chi connectivity index (χ1) is 8.16. The molecular weight excluding hydrogens is 253 g/mol. The van der Waals surface area contributed by atoms with Gasteiger partial charge in [-0.05, 0) is 49.9 Å². The molecule has 3 heteroatoms. The highest BCUT2D eigenvalue weighted by Crippen LogP contribution is 2.27. The Balaban J connectivity index is 2.05. The quantitative estimate of drug-likeness (QED) is 0.781. The van der Waals surface area contributed by atoms with E-state index < -0.39 is 0 Å². The minimum absolute atomic E-state index is 0.234. The average molecular weight is 270 g/mol. The predicted octanol–water partition coefficient (Wildman–Crippen LogP) is 4.75. The van der Waals surface area contributed by atoms with Crippen LogP contribution >= 0.6 is 23.2 Å². The van der Waals surface area contributed by atoms with Gasteiger partial charge in [0.05, 0.1) is 0 Å². The fourth-order valence-corrected chi connectivity index (χ4v) is 2.70. The van der Waals surface area contributed by atoms with Crippen LogP contribution in [0.2, 0.25) is 10.0 Å². The summed E-state index contributed by atoms with van der Waals surface area (Å²) in [6.07, 6.45) is 7.94.